The van der Waals surface area contributed by atoms with Gasteiger partial charge in [-0.25, -0.2) is 0 Å². The molecule has 0 aliphatic heterocycles. The third kappa shape index (κ3) is 2.80. The molecule has 0 radical (unpaired) electrons. The number of nitrogens with zero attached hydrogens (tertiary/aromatic N) is 4. The maximum Gasteiger partial charge on any atom is 0.245 e. The van der Waals surface area contributed by atoms with E-state index >= 15 is 0 Å². The van der Waals surface area contributed by atoms with E-state index in [-0.39, 0.29) is 5.28 Å². The van der Waals surface area contributed by atoms with Crippen molar-refractivity contribution in [2.75, 3.05) is 11.9 Å². The van der Waals surface area contributed by atoms with Gasteiger partial charge in [-0.1, -0.05) is 31.4 Å². The van der Waals surface area contributed by atoms with Gasteiger partial charge in [0.15, 0.2) is 11.0 Å². The van der Waals surface area contributed by atoms with Gasteiger partial charge in [-0.3, -0.25) is 0 Å². The van der Waals surface area contributed by atoms with Crippen LogP contribution in [0.3, 0.4) is 0 Å². The van der Waals surface area contributed by atoms with Crippen molar-refractivity contribution in [2.24, 2.45) is 5.92 Å². The number of rotatable bonds is 2. The van der Waals surface area contributed by atoms with E-state index in [1.54, 1.807) is 0 Å². The molecule has 2 rings (SSSR count). The Morgan fingerprint density at radius 2 is 1.88 bits per heavy atom. The molecule has 1 aliphatic rings. The van der Waals surface area contributed by atoms with E-state index in [9.17, 15) is 0 Å². The average molecular weight is 275 g/mol. The first kappa shape index (κ1) is 12.8. The zero-order chi connectivity index (χ0) is 12.4. The van der Waals surface area contributed by atoms with Crippen LogP contribution in [0.15, 0.2) is 0 Å². The molecular weight excluding hydrogens is 259 g/mol. The quantitative estimate of drug-likeness (QED) is 0.831. The van der Waals surface area contributed by atoms with E-state index < -0.39 is 0 Å². The number of hydrogen-bond donors (Lipinski definition) is 0. The van der Waals surface area contributed by atoms with Crippen LogP contribution in [0.2, 0.25) is 10.4 Å². The molecule has 0 saturated heterocycles. The summed E-state index contributed by atoms with van der Waals surface area (Å²) in [7, 11) is 2.00. The first-order valence-electron chi connectivity index (χ1n) is 5.88. The molecule has 2 atom stereocenters. The second-order valence-electron chi connectivity index (χ2n) is 4.64. The van der Waals surface area contributed by atoms with Gasteiger partial charge < -0.3 is 4.90 Å². The zero-order valence-electron chi connectivity index (χ0n) is 10.0. The summed E-state index contributed by atoms with van der Waals surface area (Å²) in [5, 5.41) is 7.88. The Bertz CT molecular complexity index is 399. The van der Waals surface area contributed by atoms with Gasteiger partial charge in [-0.05, 0) is 30.4 Å². The van der Waals surface area contributed by atoms with Gasteiger partial charge in [0, 0.05) is 13.1 Å². The Morgan fingerprint density at radius 1 is 1.18 bits per heavy atom. The standard InChI is InChI=1S/C11H16Cl2N4/c1-7-5-3-4-6-8(7)17(2)10-9(12)15-16-11(13)14-10/h7-8H,3-6H2,1-2H3. The molecule has 1 aromatic heterocycles. The fourth-order valence-corrected chi connectivity index (χ4v) is 2.87. The molecule has 1 aromatic rings. The first-order chi connectivity index (χ1) is 8.09. The van der Waals surface area contributed by atoms with Gasteiger partial charge in [0.1, 0.15) is 0 Å². The Morgan fingerprint density at radius 3 is 2.59 bits per heavy atom. The van der Waals surface area contributed by atoms with Gasteiger partial charge in [-0.15, -0.1) is 10.2 Å². The van der Waals surface area contributed by atoms with Crippen LogP contribution in [-0.4, -0.2) is 28.3 Å². The third-order valence-electron chi connectivity index (χ3n) is 3.50. The molecule has 0 amide bonds. The monoisotopic (exact) mass is 274 g/mol. The van der Waals surface area contributed by atoms with Gasteiger partial charge in [0.05, 0.1) is 0 Å². The Kier molecular flexibility index (Phi) is 4.05. The normalized spacial score (nSPS) is 24.7. The SMILES string of the molecule is CC1CCCCC1N(C)c1nc(Cl)nnc1Cl. The summed E-state index contributed by atoms with van der Waals surface area (Å²) in [5.41, 5.74) is 0. The van der Waals surface area contributed by atoms with Gasteiger partial charge >= 0.3 is 0 Å². The van der Waals surface area contributed by atoms with Gasteiger partial charge in [0.2, 0.25) is 5.28 Å². The molecule has 1 fully saturated rings. The van der Waals surface area contributed by atoms with Crippen molar-refractivity contribution in [1.29, 1.82) is 0 Å². The van der Waals surface area contributed by atoms with Crippen molar-refractivity contribution >= 4 is 29.0 Å². The van der Waals surface area contributed by atoms with Crippen LogP contribution >= 0.6 is 23.2 Å². The number of aromatic nitrogens is 3. The van der Waals surface area contributed by atoms with E-state index in [0.717, 1.165) is 6.42 Å². The highest BCUT2D eigenvalue weighted by Crippen LogP contribution is 2.31. The third-order valence-corrected chi connectivity index (χ3v) is 3.91. The fraction of sp³-hybridized carbons (Fsp3) is 0.727. The molecule has 0 spiro atoms. The van der Waals surface area contributed by atoms with Gasteiger partial charge in [-0.2, -0.15) is 4.98 Å². The van der Waals surface area contributed by atoms with Crippen molar-refractivity contribution in [3.8, 4) is 0 Å². The maximum atomic E-state index is 6.02. The number of halogens is 2. The largest absolute Gasteiger partial charge is 0.354 e. The smallest absolute Gasteiger partial charge is 0.245 e. The van der Waals surface area contributed by atoms with E-state index in [4.69, 9.17) is 23.2 Å². The van der Waals surface area contributed by atoms with Crippen LogP contribution in [0.5, 0.6) is 0 Å². The van der Waals surface area contributed by atoms with Crippen LogP contribution in [0.25, 0.3) is 0 Å². The molecule has 4 nitrogen and oxygen atoms in total. The highest BCUT2D eigenvalue weighted by molar-refractivity contribution is 6.32. The molecule has 6 heteroatoms. The van der Waals surface area contributed by atoms with Crippen molar-refractivity contribution < 1.29 is 0 Å². The molecular formula is C11H16Cl2N4. The Hall–Kier alpha value is -0.610. The molecule has 1 aliphatic carbocycles. The van der Waals surface area contributed by atoms with Crippen LogP contribution < -0.4 is 4.90 Å². The summed E-state index contributed by atoms with van der Waals surface area (Å²) in [6, 6.07) is 0.453. The highest BCUT2D eigenvalue weighted by atomic mass is 35.5. The first-order valence-corrected chi connectivity index (χ1v) is 6.63. The average Bonchev–Trinajstić information content (AvgIpc) is 2.32. The van der Waals surface area contributed by atoms with E-state index in [1.165, 1.54) is 19.3 Å². The van der Waals surface area contributed by atoms with E-state index in [1.807, 2.05) is 7.05 Å². The summed E-state index contributed by atoms with van der Waals surface area (Å²) in [6.45, 7) is 2.27. The second-order valence-corrected chi connectivity index (χ2v) is 5.33. The minimum absolute atomic E-state index is 0.139. The molecule has 1 heterocycles. The van der Waals surface area contributed by atoms with Crippen LogP contribution in [-0.2, 0) is 0 Å². The predicted octanol–water partition coefficient (Wildman–Crippen LogP) is 3.19. The summed E-state index contributed by atoms with van der Waals surface area (Å²) in [5.74, 6) is 1.27. The summed E-state index contributed by atoms with van der Waals surface area (Å²) < 4.78 is 0. The highest BCUT2D eigenvalue weighted by Gasteiger charge is 2.27. The minimum Gasteiger partial charge on any atom is -0.354 e. The van der Waals surface area contributed by atoms with Crippen LogP contribution in [0.1, 0.15) is 32.6 Å². The van der Waals surface area contributed by atoms with Crippen LogP contribution in [0, 0.1) is 5.92 Å². The molecule has 94 valence electrons. The molecule has 0 aromatic carbocycles. The molecule has 0 N–H and O–H groups in total. The number of hydrogen-bond acceptors (Lipinski definition) is 4. The van der Waals surface area contributed by atoms with E-state index in [0.29, 0.717) is 22.9 Å². The summed E-state index contributed by atoms with van der Waals surface area (Å²) >= 11 is 11.8. The van der Waals surface area contributed by atoms with Crippen molar-refractivity contribution in [3.63, 3.8) is 0 Å². The van der Waals surface area contributed by atoms with Crippen LogP contribution in [0.4, 0.5) is 5.82 Å². The lowest BCUT2D eigenvalue weighted by Gasteiger charge is -2.36. The lowest BCUT2D eigenvalue weighted by atomic mass is 9.85. The number of anilines is 1. The molecule has 1 saturated carbocycles. The van der Waals surface area contributed by atoms with E-state index in [2.05, 4.69) is 27.0 Å². The minimum atomic E-state index is 0.139. The van der Waals surface area contributed by atoms with Gasteiger partial charge in [0.25, 0.3) is 0 Å². The topological polar surface area (TPSA) is 41.9 Å². The predicted molar refractivity (Wildman–Crippen MR) is 69.7 cm³/mol. The fourth-order valence-electron chi connectivity index (χ4n) is 2.54. The van der Waals surface area contributed by atoms with Crippen molar-refractivity contribution in [3.05, 3.63) is 10.4 Å². The second kappa shape index (κ2) is 5.36. The Labute approximate surface area is 111 Å². The molecule has 2 unspecified atom stereocenters. The lowest BCUT2D eigenvalue weighted by molar-refractivity contribution is 0.320. The molecule has 17 heavy (non-hydrogen) atoms. The lowest BCUT2D eigenvalue weighted by Crippen LogP contribution is -2.39. The van der Waals surface area contributed by atoms with Crippen molar-refractivity contribution in [2.45, 2.75) is 38.6 Å². The molecule has 0 bridgehead atoms. The van der Waals surface area contributed by atoms with Crippen molar-refractivity contribution in [1.82, 2.24) is 15.2 Å². The summed E-state index contributed by atoms with van der Waals surface area (Å²) in [4.78, 5) is 6.26. The summed E-state index contributed by atoms with van der Waals surface area (Å²) in [6.07, 6.45) is 4.97. The maximum absolute atomic E-state index is 6.02. The Balaban J connectivity index is 2.23. The zero-order valence-corrected chi connectivity index (χ0v) is 11.5.